The molecule has 4 rings (SSSR count). The van der Waals surface area contributed by atoms with E-state index in [2.05, 4.69) is 11.8 Å². The fraction of sp³-hybridized carbons (Fsp3) is 0.500. The van der Waals surface area contributed by atoms with Gasteiger partial charge in [0.25, 0.3) is 0 Å². The molecule has 2 aromatic rings. The fourth-order valence-electron chi connectivity index (χ4n) is 4.83. The standard InChI is InChI=1S/C26H30Cl2FNO4/c1-15(18-9-19(27)11-20(28)10-18)25(33-2)30-7-5-16(6-8-30)14-34-24-13-23(29)22(26(31)32)12-21(24)17-3-4-17/h9-13,15-17,25H,3-8,14H2,1-2H3,(H,31,32). The molecule has 1 saturated heterocycles. The Morgan fingerprint density at radius 1 is 1.12 bits per heavy atom. The summed E-state index contributed by atoms with van der Waals surface area (Å²) in [5.41, 5.74) is 1.56. The highest BCUT2D eigenvalue weighted by molar-refractivity contribution is 6.34. The number of rotatable bonds is 9. The number of methoxy groups -OCH3 is 1. The van der Waals surface area contributed by atoms with Gasteiger partial charge < -0.3 is 14.6 Å². The summed E-state index contributed by atoms with van der Waals surface area (Å²) < 4.78 is 26.2. The van der Waals surface area contributed by atoms with Crippen LogP contribution in [0, 0.1) is 11.7 Å². The van der Waals surface area contributed by atoms with Gasteiger partial charge in [-0.1, -0.05) is 30.1 Å². The summed E-state index contributed by atoms with van der Waals surface area (Å²) in [6, 6.07) is 8.27. The average Bonchev–Trinajstić information content (AvgIpc) is 3.63. The van der Waals surface area contributed by atoms with E-state index in [1.807, 2.05) is 12.1 Å². The molecule has 34 heavy (non-hydrogen) atoms. The lowest BCUT2D eigenvalue weighted by atomic mass is 9.93. The molecule has 1 N–H and O–H groups in total. The van der Waals surface area contributed by atoms with Gasteiger partial charge in [-0.3, -0.25) is 4.90 Å². The molecule has 8 heteroatoms. The van der Waals surface area contributed by atoms with Crippen molar-refractivity contribution >= 4 is 29.2 Å². The summed E-state index contributed by atoms with van der Waals surface area (Å²) in [6.07, 6.45) is 3.71. The number of carbonyl (C=O) groups is 1. The minimum absolute atomic E-state index is 0.0887. The molecule has 2 aromatic carbocycles. The average molecular weight is 510 g/mol. The lowest BCUT2D eigenvalue weighted by Crippen LogP contribution is -2.45. The van der Waals surface area contributed by atoms with Gasteiger partial charge >= 0.3 is 5.97 Å². The van der Waals surface area contributed by atoms with Crippen LogP contribution >= 0.6 is 23.2 Å². The van der Waals surface area contributed by atoms with Gasteiger partial charge in [-0.25, -0.2) is 9.18 Å². The second-order valence-corrected chi connectivity index (χ2v) is 10.2. The Labute approximate surface area is 209 Å². The lowest BCUT2D eigenvalue weighted by Gasteiger charge is -2.39. The molecule has 0 bridgehead atoms. The van der Waals surface area contributed by atoms with Crippen molar-refractivity contribution in [3.05, 3.63) is 62.9 Å². The number of ether oxygens (including phenoxy) is 2. The maximum atomic E-state index is 14.3. The third-order valence-electron chi connectivity index (χ3n) is 6.91. The SMILES string of the molecule is COC(C(C)c1cc(Cl)cc(Cl)c1)N1CCC(COc2cc(F)c(C(=O)O)cc2C2CC2)CC1. The molecule has 184 valence electrons. The number of halogens is 3. The number of benzene rings is 2. The van der Waals surface area contributed by atoms with Crippen molar-refractivity contribution in [3.8, 4) is 5.75 Å². The molecule has 1 aliphatic carbocycles. The highest BCUT2D eigenvalue weighted by Crippen LogP contribution is 2.45. The predicted molar refractivity (Wildman–Crippen MR) is 131 cm³/mol. The van der Waals surface area contributed by atoms with Crippen molar-refractivity contribution in [2.24, 2.45) is 5.92 Å². The molecule has 2 unspecified atom stereocenters. The Bertz CT molecular complexity index is 1020. The molecular formula is C26H30Cl2FNO4. The number of likely N-dealkylation sites (tertiary alicyclic amines) is 1. The van der Waals surface area contributed by atoms with Gasteiger partial charge in [0.15, 0.2) is 0 Å². The molecular weight excluding hydrogens is 480 g/mol. The van der Waals surface area contributed by atoms with E-state index in [0.29, 0.717) is 28.3 Å². The van der Waals surface area contributed by atoms with Crippen LogP contribution in [0.2, 0.25) is 10.0 Å². The summed E-state index contributed by atoms with van der Waals surface area (Å²) >= 11 is 12.4. The van der Waals surface area contributed by atoms with Gasteiger partial charge in [0.2, 0.25) is 0 Å². The van der Waals surface area contributed by atoms with Gasteiger partial charge in [-0.2, -0.15) is 0 Å². The first-order valence-electron chi connectivity index (χ1n) is 11.7. The highest BCUT2D eigenvalue weighted by Gasteiger charge is 2.32. The number of aromatic carboxylic acids is 1. The van der Waals surface area contributed by atoms with Crippen LogP contribution in [0.15, 0.2) is 30.3 Å². The maximum Gasteiger partial charge on any atom is 0.338 e. The van der Waals surface area contributed by atoms with Gasteiger partial charge in [0.05, 0.1) is 12.2 Å². The van der Waals surface area contributed by atoms with Crippen LogP contribution in [0.25, 0.3) is 0 Å². The van der Waals surface area contributed by atoms with E-state index in [1.54, 1.807) is 13.2 Å². The Morgan fingerprint density at radius 2 is 1.76 bits per heavy atom. The van der Waals surface area contributed by atoms with E-state index in [0.717, 1.165) is 49.9 Å². The van der Waals surface area contributed by atoms with E-state index in [4.69, 9.17) is 32.7 Å². The first-order chi connectivity index (χ1) is 16.3. The van der Waals surface area contributed by atoms with Crippen LogP contribution in [0.3, 0.4) is 0 Å². The lowest BCUT2D eigenvalue weighted by molar-refractivity contribution is -0.0632. The monoisotopic (exact) mass is 509 g/mol. The highest BCUT2D eigenvalue weighted by atomic mass is 35.5. The minimum atomic E-state index is -1.25. The van der Waals surface area contributed by atoms with Crippen LogP contribution in [0.1, 0.15) is 65.9 Å². The number of carboxylic acids is 1. The second kappa shape index (κ2) is 10.8. The van der Waals surface area contributed by atoms with Crippen molar-refractivity contribution in [1.82, 2.24) is 4.90 Å². The van der Waals surface area contributed by atoms with Gasteiger partial charge in [0, 0.05) is 42.2 Å². The smallest absolute Gasteiger partial charge is 0.338 e. The molecule has 0 spiro atoms. The van der Waals surface area contributed by atoms with Gasteiger partial charge in [0.1, 0.15) is 17.8 Å². The first kappa shape index (κ1) is 25.2. The maximum absolute atomic E-state index is 14.3. The molecule has 1 heterocycles. The Balaban J connectivity index is 1.36. The van der Waals surface area contributed by atoms with Crippen LogP contribution < -0.4 is 4.74 Å². The van der Waals surface area contributed by atoms with Gasteiger partial charge in [-0.05, 0) is 72.9 Å². The number of nitrogens with zero attached hydrogens (tertiary/aromatic N) is 1. The topological polar surface area (TPSA) is 59.0 Å². The quantitative estimate of drug-likeness (QED) is 0.413. The van der Waals surface area contributed by atoms with E-state index in [9.17, 15) is 14.3 Å². The molecule has 0 radical (unpaired) electrons. The normalized spacial score (nSPS) is 19.1. The molecule has 2 aliphatic rings. The molecule has 1 aliphatic heterocycles. The Morgan fingerprint density at radius 3 is 2.32 bits per heavy atom. The zero-order valence-electron chi connectivity index (χ0n) is 19.4. The molecule has 2 atom stereocenters. The predicted octanol–water partition coefficient (Wildman–Crippen LogP) is 6.58. The Hall–Kier alpha value is -1.86. The molecule has 0 aromatic heterocycles. The molecule has 2 fully saturated rings. The van der Waals surface area contributed by atoms with E-state index in [1.165, 1.54) is 12.1 Å². The molecule has 1 saturated carbocycles. The summed E-state index contributed by atoms with van der Waals surface area (Å²) in [5, 5.41) is 10.5. The molecule has 5 nitrogen and oxygen atoms in total. The zero-order valence-corrected chi connectivity index (χ0v) is 20.9. The third-order valence-corrected chi connectivity index (χ3v) is 7.35. The summed E-state index contributed by atoms with van der Waals surface area (Å²) in [5.74, 6) is -0.835. The van der Waals surface area contributed by atoms with Crippen LogP contribution in [-0.4, -0.2) is 49.0 Å². The molecule has 0 amide bonds. The van der Waals surface area contributed by atoms with Crippen molar-refractivity contribution in [2.75, 3.05) is 26.8 Å². The Kier molecular flexibility index (Phi) is 8.03. The first-order valence-corrected chi connectivity index (χ1v) is 12.4. The van der Waals surface area contributed by atoms with Crippen molar-refractivity contribution in [2.45, 2.75) is 50.7 Å². The van der Waals surface area contributed by atoms with Crippen molar-refractivity contribution in [1.29, 1.82) is 0 Å². The summed E-state index contributed by atoms with van der Waals surface area (Å²) in [4.78, 5) is 13.6. The largest absolute Gasteiger partial charge is 0.493 e. The van der Waals surface area contributed by atoms with E-state index in [-0.39, 0.29) is 23.6 Å². The van der Waals surface area contributed by atoms with Gasteiger partial charge in [-0.15, -0.1) is 0 Å². The van der Waals surface area contributed by atoms with Crippen LogP contribution in [-0.2, 0) is 4.74 Å². The number of hydrogen-bond donors (Lipinski definition) is 1. The van der Waals surface area contributed by atoms with Crippen LogP contribution in [0.5, 0.6) is 5.75 Å². The summed E-state index contributed by atoms with van der Waals surface area (Å²) in [6.45, 7) is 4.30. The second-order valence-electron chi connectivity index (χ2n) is 9.36. The van der Waals surface area contributed by atoms with Crippen molar-refractivity contribution in [3.63, 3.8) is 0 Å². The summed E-state index contributed by atoms with van der Waals surface area (Å²) in [7, 11) is 1.72. The number of carboxylic acid groups (broad SMARTS) is 1. The fourth-order valence-corrected chi connectivity index (χ4v) is 5.37. The zero-order chi connectivity index (χ0) is 24.4. The third kappa shape index (κ3) is 5.85. The van der Waals surface area contributed by atoms with E-state index < -0.39 is 11.8 Å². The number of hydrogen-bond acceptors (Lipinski definition) is 4. The van der Waals surface area contributed by atoms with Crippen LogP contribution in [0.4, 0.5) is 4.39 Å². The van der Waals surface area contributed by atoms with Crippen molar-refractivity contribution < 1.29 is 23.8 Å². The van der Waals surface area contributed by atoms with E-state index >= 15 is 0 Å². The number of piperidine rings is 1. The minimum Gasteiger partial charge on any atom is -0.493 e.